The zero-order valence-corrected chi connectivity index (χ0v) is 19.7. The van der Waals surface area contributed by atoms with Crippen molar-refractivity contribution in [2.45, 2.75) is 58.4 Å². The molecule has 3 aromatic rings. The van der Waals surface area contributed by atoms with E-state index in [0.717, 1.165) is 25.0 Å². The lowest BCUT2D eigenvalue weighted by atomic mass is 10.00. The molecule has 1 N–H and O–H groups in total. The van der Waals surface area contributed by atoms with Crippen LogP contribution in [0.5, 0.6) is 5.75 Å². The zero-order valence-electron chi connectivity index (χ0n) is 19.7. The molecule has 1 unspecified atom stereocenters. The second-order valence-corrected chi connectivity index (χ2v) is 9.39. The number of aryl methyl sites for hydroxylation is 1. The first-order valence-corrected chi connectivity index (χ1v) is 11.0. The highest BCUT2D eigenvalue weighted by Gasteiger charge is 2.35. The Balaban J connectivity index is 1.69. The summed E-state index contributed by atoms with van der Waals surface area (Å²) in [6, 6.07) is 5.27. The normalized spacial score (nSPS) is 16.8. The number of aromatic amines is 1. The summed E-state index contributed by atoms with van der Waals surface area (Å²) in [6.07, 6.45) is -3.32. The maximum Gasteiger partial charge on any atom is 0.416 e. The molecular weight excluding hydrogens is 449 g/mol. The van der Waals surface area contributed by atoms with E-state index in [1.54, 1.807) is 24.0 Å². The maximum absolute atomic E-state index is 13.2. The van der Waals surface area contributed by atoms with E-state index < -0.39 is 23.4 Å². The number of nitrogens with zero attached hydrogens (tertiary/aromatic N) is 3. The summed E-state index contributed by atoms with van der Waals surface area (Å²) in [6.45, 7) is 7.61. The van der Waals surface area contributed by atoms with Crippen LogP contribution in [0.4, 0.5) is 18.0 Å². The van der Waals surface area contributed by atoms with Gasteiger partial charge in [0.05, 0.1) is 29.9 Å². The highest BCUT2D eigenvalue weighted by atomic mass is 19.4. The fraction of sp³-hybridized carbons (Fsp3) is 0.458. The Morgan fingerprint density at radius 2 is 1.91 bits per heavy atom. The Labute approximate surface area is 195 Å². The number of amides is 1. The highest BCUT2D eigenvalue weighted by Crippen LogP contribution is 2.39. The average molecular weight is 476 g/mol. The number of fused-ring (bicyclic) bond motifs is 1. The second kappa shape index (κ2) is 8.48. The van der Waals surface area contributed by atoms with Crippen molar-refractivity contribution in [2.24, 2.45) is 0 Å². The van der Waals surface area contributed by atoms with Crippen LogP contribution < -0.4 is 4.74 Å². The van der Waals surface area contributed by atoms with Crippen molar-refractivity contribution in [3.05, 3.63) is 41.2 Å². The number of likely N-dealkylation sites (tertiary alicyclic amines) is 1. The first-order chi connectivity index (χ1) is 15.9. The van der Waals surface area contributed by atoms with Crippen LogP contribution in [0.1, 0.15) is 56.6 Å². The van der Waals surface area contributed by atoms with Crippen molar-refractivity contribution in [3.63, 3.8) is 0 Å². The number of alkyl halides is 3. The van der Waals surface area contributed by atoms with E-state index in [1.807, 2.05) is 20.8 Å². The summed E-state index contributed by atoms with van der Waals surface area (Å²) in [5, 5.41) is 0. The number of rotatable bonds is 3. The number of nitrogens with one attached hydrogen (secondary N) is 1. The SMILES string of the molecule is COc1cc(C(F)(F)F)cc(C)c1-c1ccc2[nH]c(C3CCCN3C(=O)OC(C)(C)C)nc2n1. The number of pyridine rings is 1. The highest BCUT2D eigenvalue weighted by molar-refractivity contribution is 5.79. The minimum absolute atomic E-state index is 0.0850. The van der Waals surface area contributed by atoms with Crippen LogP contribution >= 0.6 is 0 Å². The topological polar surface area (TPSA) is 80.3 Å². The Hall–Kier alpha value is -3.30. The van der Waals surface area contributed by atoms with Gasteiger partial charge in [0.2, 0.25) is 0 Å². The molecule has 1 aliphatic rings. The van der Waals surface area contributed by atoms with Crippen LogP contribution in [0.2, 0.25) is 0 Å². The number of ether oxygens (including phenoxy) is 2. The van der Waals surface area contributed by atoms with Gasteiger partial charge in [-0.25, -0.2) is 14.8 Å². The van der Waals surface area contributed by atoms with E-state index in [2.05, 4.69) is 15.0 Å². The molecule has 1 amide bonds. The Morgan fingerprint density at radius 1 is 1.18 bits per heavy atom. The number of H-pyrrole nitrogens is 1. The number of carbonyl (C=O) groups excluding carboxylic acids is 1. The van der Waals surface area contributed by atoms with E-state index in [1.165, 1.54) is 7.11 Å². The van der Waals surface area contributed by atoms with Crippen molar-refractivity contribution in [3.8, 4) is 17.0 Å². The third-order valence-electron chi connectivity index (χ3n) is 5.66. The predicted molar refractivity (Wildman–Crippen MR) is 121 cm³/mol. The van der Waals surface area contributed by atoms with Crippen molar-refractivity contribution in [1.29, 1.82) is 0 Å². The van der Waals surface area contributed by atoms with E-state index in [4.69, 9.17) is 9.47 Å². The van der Waals surface area contributed by atoms with E-state index in [-0.39, 0.29) is 11.8 Å². The molecule has 1 saturated heterocycles. The number of aromatic nitrogens is 3. The molecule has 0 saturated carbocycles. The number of carbonyl (C=O) groups is 1. The summed E-state index contributed by atoms with van der Waals surface area (Å²) in [4.78, 5) is 26.8. The first-order valence-electron chi connectivity index (χ1n) is 11.0. The Kier molecular flexibility index (Phi) is 5.95. The molecule has 0 radical (unpaired) electrons. The number of hydrogen-bond acceptors (Lipinski definition) is 5. The molecular formula is C24H27F3N4O3. The van der Waals surface area contributed by atoms with Crippen LogP contribution in [-0.4, -0.2) is 45.2 Å². The molecule has 182 valence electrons. The summed E-state index contributed by atoms with van der Waals surface area (Å²) in [7, 11) is 1.33. The van der Waals surface area contributed by atoms with E-state index in [9.17, 15) is 18.0 Å². The van der Waals surface area contributed by atoms with Gasteiger partial charge in [0, 0.05) is 12.1 Å². The molecule has 1 aliphatic heterocycles. The van der Waals surface area contributed by atoms with Crippen molar-refractivity contribution in [2.75, 3.05) is 13.7 Å². The smallest absolute Gasteiger partial charge is 0.416 e. The van der Waals surface area contributed by atoms with Gasteiger partial charge in [0.1, 0.15) is 17.2 Å². The van der Waals surface area contributed by atoms with Gasteiger partial charge in [0.15, 0.2) is 5.65 Å². The van der Waals surface area contributed by atoms with Crippen LogP contribution in [0.15, 0.2) is 24.3 Å². The van der Waals surface area contributed by atoms with Crippen molar-refractivity contribution in [1.82, 2.24) is 19.9 Å². The van der Waals surface area contributed by atoms with Crippen LogP contribution in [0.25, 0.3) is 22.4 Å². The van der Waals surface area contributed by atoms with Crippen LogP contribution in [-0.2, 0) is 10.9 Å². The second-order valence-electron chi connectivity index (χ2n) is 9.39. The maximum atomic E-state index is 13.2. The predicted octanol–water partition coefficient (Wildman–Crippen LogP) is 6.03. The standard InChI is InChI=1S/C24H27F3N4O3/c1-13-11-14(24(25,26)27)12-18(33-5)19(13)15-8-9-16-20(28-15)30-21(29-16)17-7-6-10-31(17)22(32)34-23(2,3)4/h8-9,11-12,17H,6-7,10H2,1-5H3,(H,28,29,30). The van der Waals surface area contributed by atoms with Crippen LogP contribution in [0, 0.1) is 6.92 Å². The molecule has 0 bridgehead atoms. The third kappa shape index (κ3) is 4.67. The van der Waals surface area contributed by atoms with Gasteiger partial charge in [-0.2, -0.15) is 13.2 Å². The number of benzene rings is 1. The number of methoxy groups -OCH3 is 1. The molecule has 1 atom stereocenters. The van der Waals surface area contributed by atoms with Gasteiger partial charge < -0.3 is 14.5 Å². The van der Waals surface area contributed by atoms with Gasteiger partial charge >= 0.3 is 12.3 Å². The van der Waals surface area contributed by atoms with Gasteiger partial charge in [-0.05, 0) is 70.4 Å². The number of imidazole rings is 1. The minimum Gasteiger partial charge on any atom is -0.496 e. The molecule has 0 spiro atoms. The molecule has 1 fully saturated rings. The monoisotopic (exact) mass is 476 g/mol. The molecule has 4 rings (SSSR count). The third-order valence-corrected chi connectivity index (χ3v) is 5.66. The van der Waals surface area contributed by atoms with Crippen LogP contribution in [0.3, 0.4) is 0 Å². The van der Waals surface area contributed by atoms with Crippen molar-refractivity contribution >= 4 is 17.3 Å². The molecule has 1 aromatic carbocycles. The number of halogens is 3. The fourth-order valence-corrected chi connectivity index (χ4v) is 4.21. The lowest BCUT2D eigenvalue weighted by Crippen LogP contribution is -2.36. The number of hydrogen-bond donors (Lipinski definition) is 1. The van der Waals surface area contributed by atoms with Crippen molar-refractivity contribution < 1.29 is 27.4 Å². The molecule has 7 nitrogen and oxygen atoms in total. The Morgan fingerprint density at radius 3 is 2.56 bits per heavy atom. The van der Waals surface area contributed by atoms with E-state index in [0.29, 0.717) is 40.4 Å². The first kappa shape index (κ1) is 23.8. The molecule has 2 aromatic heterocycles. The largest absolute Gasteiger partial charge is 0.496 e. The van der Waals surface area contributed by atoms with E-state index >= 15 is 0 Å². The summed E-state index contributed by atoms with van der Waals surface area (Å²) in [5.74, 6) is 0.681. The quantitative estimate of drug-likeness (QED) is 0.499. The summed E-state index contributed by atoms with van der Waals surface area (Å²) in [5.41, 5.74) is 0.997. The average Bonchev–Trinajstić information content (AvgIpc) is 3.37. The van der Waals surface area contributed by atoms with Gasteiger partial charge in [0.25, 0.3) is 0 Å². The van der Waals surface area contributed by atoms with Gasteiger partial charge in [-0.1, -0.05) is 0 Å². The minimum atomic E-state index is -4.48. The molecule has 34 heavy (non-hydrogen) atoms. The zero-order chi connectivity index (χ0) is 24.8. The molecule has 3 heterocycles. The lowest BCUT2D eigenvalue weighted by Gasteiger charge is -2.27. The van der Waals surface area contributed by atoms with Gasteiger partial charge in [-0.15, -0.1) is 0 Å². The summed E-state index contributed by atoms with van der Waals surface area (Å²) >= 11 is 0. The Bertz CT molecular complexity index is 1230. The van der Waals surface area contributed by atoms with Gasteiger partial charge in [-0.3, -0.25) is 4.90 Å². The summed E-state index contributed by atoms with van der Waals surface area (Å²) < 4.78 is 50.5. The molecule has 10 heteroatoms. The fourth-order valence-electron chi connectivity index (χ4n) is 4.21. The lowest BCUT2D eigenvalue weighted by molar-refractivity contribution is -0.137. The molecule has 0 aliphatic carbocycles.